The van der Waals surface area contributed by atoms with Gasteiger partial charge in [0, 0.05) is 24.4 Å². The molecular weight excluding hydrogens is 308 g/mol. The van der Waals surface area contributed by atoms with Crippen LogP contribution in [0.3, 0.4) is 0 Å². The molecule has 0 bridgehead atoms. The topological polar surface area (TPSA) is 85.4 Å². The van der Waals surface area contributed by atoms with Gasteiger partial charge in [-0.25, -0.2) is 9.97 Å². The van der Waals surface area contributed by atoms with Crippen LogP contribution in [0.25, 0.3) is 0 Å². The second-order valence-electron chi connectivity index (χ2n) is 5.98. The highest BCUT2D eigenvalue weighted by Crippen LogP contribution is 2.34. The molecule has 0 unspecified atom stereocenters. The molecule has 0 atom stereocenters. The lowest BCUT2D eigenvalue weighted by atomic mass is 10.2. The molecule has 2 heterocycles. The quantitative estimate of drug-likeness (QED) is 0.878. The van der Waals surface area contributed by atoms with Gasteiger partial charge in [0.25, 0.3) is 5.91 Å². The molecule has 2 aromatic rings. The van der Waals surface area contributed by atoms with Crippen molar-refractivity contribution in [2.24, 2.45) is 5.92 Å². The molecule has 3 rings (SSSR count). The summed E-state index contributed by atoms with van der Waals surface area (Å²) in [4.78, 5) is 21.0. The zero-order valence-corrected chi connectivity index (χ0v) is 13.9. The lowest BCUT2D eigenvalue weighted by molar-refractivity contribution is 0.102. The molecule has 2 N–H and O–H groups in total. The normalized spacial score (nSPS) is 12.3. The number of ether oxygens (including phenoxy) is 2. The van der Waals surface area contributed by atoms with Crippen molar-refractivity contribution >= 4 is 17.4 Å². The van der Waals surface area contributed by atoms with Crippen molar-refractivity contribution in [1.82, 2.24) is 9.97 Å². The number of aryl methyl sites for hydroxylation is 1. The van der Waals surface area contributed by atoms with E-state index in [4.69, 9.17) is 9.47 Å². The fourth-order valence-electron chi connectivity index (χ4n) is 2.25. The Bertz CT molecular complexity index is 761. The number of nitrogens with one attached hydrogen (secondary N) is 2. The minimum Gasteiger partial charge on any atom is -0.454 e. The van der Waals surface area contributed by atoms with E-state index in [0.29, 0.717) is 40.4 Å². The number of benzene rings is 1. The molecule has 1 amide bonds. The highest BCUT2D eigenvalue weighted by atomic mass is 16.7. The molecule has 7 nitrogen and oxygen atoms in total. The number of nitrogens with zero attached hydrogens (tertiary/aromatic N) is 2. The van der Waals surface area contributed by atoms with Gasteiger partial charge in [0.1, 0.15) is 17.3 Å². The van der Waals surface area contributed by atoms with Crippen molar-refractivity contribution in [2.45, 2.75) is 20.8 Å². The second-order valence-corrected chi connectivity index (χ2v) is 5.98. The summed E-state index contributed by atoms with van der Waals surface area (Å²) in [6.07, 6.45) is 0. The third-order valence-electron chi connectivity index (χ3n) is 3.39. The van der Waals surface area contributed by atoms with E-state index in [-0.39, 0.29) is 12.7 Å². The van der Waals surface area contributed by atoms with E-state index in [2.05, 4.69) is 34.4 Å². The first-order chi connectivity index (χ1) is 11.5. The number of aromatic nitrogens is 2. The van der Waals surface area contributed by atoms with Gasteiger partial charge >= 0.3 is 0 Å². The molecule has 1 aromatic heterocycles. The summed E-state index contributed by atoms with van der Waals surface area (Å²) in [6, 6.07) is 6.90. The average molecular weight is 328 g/mol. The van der Waals surface area contributed by atoms with Gasteiger partial charge in [-0.05, 0) is 25.0 Å². The number of anilines is 2. The van der Waals surface area contributed by atoms with Crippen LogP contribution in [-0.2, 0) is 0 Å². The number of amides is 1. The first-order valence-corrected chi connectivity index (χ1v) is 7.82. The van der Waals surface area contributed by atoms with Crippen LogP contribution in [0.2, 0.25) is 0 Å². The molecule has 24 heavy (non-hydrogen) atoms. The standard InChI is InChI=1S/C17H20N4O3/c1-10(2)8-18-16-7-13(19-11(3)20-16)17(22)21-12-4-5-14-15(6-12)24-9-23-14/h4-7,10H,8-9H2,1-3H3,(H,21,22)(H,18,19,20). The molecule has 0 saturated carbocycles. The van der Waals surface area contributed by atoms with E-state index in [1.54, 1.807) is 31.2 Å². The third kappa shape index (κ3) is 3.73. The van der Waals surface area contributed by atoms with Crippen molar-refractivity contribution in [2.75, 3.05) is 24.0 Å². The van der Waals surface area contributed by atoms with Gasteiger partial charge in [-0.15, -0.1) is 0 Å². The monoisotopic (exact) mass is 328 g/mol. The van der Waals surface area contributed by atoms with Crippen LogP contribution in [0, 0.1) is 12.8 Å². The highest BCUT2D eigenvalue weighted by Gasteiger charge is 2.16. The van der Waals surface area contributed by atoms with Gasteiger partial charge in [-0.1, -0.05) is 13.8 Å². The highest BCUT2D eigenvalue weighted by molar-refractivity contribution is 6.03. The molecule has 0 saturated heterocycles. The number of hydrogen-bond donors (Lipinski definition) is 2. The summed E-state index contributed by atoms with van der Waals surface area (Å²) >= 11 is 0. The molecule has 1 aliphatic rings. The Hall–Kier alpha value is -2.83. The van der Waals surface area contributed by atoms with Crippen LogP contribution in [0.1, 0.15) is 30.2 Å². The maximum Gasteiger partial charge on any atom is 0.274 e. The maximum atomic E-state index is 12.5. The molecule has 1 aromatic carbocycles. The van der Waals surface area contributed by atoms with E-state index in [9.17, 15) is 4.79 Å². The summed E-state index contributed by atoms with van der Waals surface area (Å²) in [5, 5.41) is 6.03. The van der Waals surface area contributed by atoms with Crippen LogP contribution in [0.4, 0.5) is 11.5 Å². The van der Waals surface area contributed by atoms with E-state index in [1.807, 2.05) is 0 Å². The smallest absolute Gasteiger partial charge is 0.274 e. The van der Waals surface area contributed by atoms with Gasteiger partial charge in [-0.3, -0.25) is 4.79 Å². The number of rotatable bonds is 5. The van der Waals surface area contributed by atoms with Gasteiger partial charge in [0.2, 0.25) is 6.79 Å². The number of fused-ring (bicyclic) bond motifs is 1. The van der Waals surface area contributed by atoms with E-state index >= 15 is 0 Å². The van der Waals surface area contributed by atoms with Crippen molar-refractivity contribution < 1.29 is 14.3 Å². The molecular formula is C17H20N4O3. The summed E-state index contributed by atoms with van der Waals surface area (Å²) in [6.45, 7) is 6.95. The van der Waals surface area contributed by atoms with Gasteiger partial charge in [0.05, 0.1) is 0 Å². The van der Waals surface area contributed by atoms with Gasteiger partial charge in [0.15, 0.2) is 11.5 Å². The first-order valence-electron chi connectivity index (χ1n) is 7.82. The Kier molecular flexibility index (Phi) is 4.50. The second kappa shape index (κ2) is 6.74. The van der Waals surface area contributed by atoms with Crippen LogP contribution >= 0.6 is 0 Å². The maximum absolute atomic E-state index is 12.5. The zero-order valence-electron chi connectivity index (χ0n) is 13.9. The number of carbonyl (C=O) groups excluding carboxylic acids is 1. The number of hydrogen-bond acceptors (Lipinski definition) is 6. The summed E-state index contributed by atoms with van der Waals surface area (Å²) in [5.41, 5.74) is 0.934. The number of carbonyl (C=O) groups is 1. The molecule has 7 heteroatoms. The van der Waals surface area contributed by atoms with Crippen LogP contribution in [-0.4, -0.2) is 29.2 Å². The molecule has 0 aliphatic carbocycles. The first kappa shape index (κ1) is 16.0. The van der Waals surface area contributed by atoms with Crippen molar-refractivity contribution in [3.8, 4) is 11.5 Å². The lowest BCUT2D eigenvalue weighted by Gasteiger charge is -2.11. The predicted molar refractivity (Wildman–Crippen MR) is 90.6 cm³/mol. The fraction of sp³-hybridized carbons (Fsp3) is 0.353. The lowest BCUT2D eigenvalue weighted by Crippen LogP contribution is -2.16. The zero-order chi connectivity index (χ0) is 17.1. The Balaban J connectivity index is 1.74. The molecule has 1 aliphatic heterocycles. The van der Waals surface area contributed by atoms with Crippen LogP contribution in [0.15, 0.2) is 24.3 Å². The predicted octanol–water partition coefficient (Wildman–Crippen LogP) is 2.83. The Morgan fingerprint density at radius 1 is 1.21 bits per heavy atom. The average Bonchev–Trinajstić information content (AvgIpc) is 3.00. The Morgan fingerprint density at radius 2 is 2.00 bits per heavy atom. The molecule has 0 spiro atoms. The Morgan fingerprint density at radius 3 is 2.79 bits per heavy atom. The molecule has 0 radical (unpaired) electrons. The Labute approximate surface area is 140 Å². The van der Waals surface area contributed by atoms with Crippen LogP contribution in [0.5, 0.6) is 11.5 Å². The van der Waals surface area contributed by atoms with Crippen molar-refractivity contribution in [1.29, 1.82) is 0 Å². The summed E-state index contributed by atoms with van der Waals surface area (Å²) < 4.78 is 10.6. The van der Waals surface area contributed by atoms with Crippen LogP contribution < -0.4 is 20.1 Å². The van der Waals surface area contributed by atoms with E-state index in [0.717, 1.165) is 6.54 Å². The largest absolute Gasteiger partial charge is 0.454 e. The van der Waals surface area contributed by atoms with Gasteiger partial charge in [-0.2, -0.15) is 0 Å². The molecule has 0 fully saturated rings. The summed E-state index contributed by atoms with van der Waals surface area (Å²) in [5.74, 6) is 2.65. The van der Waals surface area contributed by atoms with Crippen molar-refractivity contribution in [3.05, 3.63) is 35.8 Å². The minimum atomic E-state index is -0.299. The van der Waals surface area contributed by atoms with Gasteiger partial charge < -0.3 is 20.1 Å². The SMILES string of the molecule is Cc1nc(NCC(C)C)cc(C(=O)Nc2ccc3c(c2)OCO3)n1. The van der Waals surface area contributed by atoms with E-state index in [1.165, 1.54) is 0 Å². The fourth-order valence-corrected chi connectivity index (χ4v) is 2.25. The van der Waals surface area contributed by atoms with E-state index < -0.39 is 0 Å². The third-order valence-corrected chi connectivity index (χ3v) is 3.39. The van der Waals surface area contributed by atoms with Crippen molar-refractivity contribution in [3.63, 3.8) is 0 Å². The summed E-state index contributed by atoms with van der Waals surface area (Å²) in [7, 11) is 0. The minimum absolute atomic E-state index is 0.197. The molecule has 126 valence electrons.